The van der Waals surface area contributed by atoms with E-state index in [2.05, 4.69) is 13.8 Å². The third-order valence-corrected chi connectivity index (χ3v) is 14.3. The Morgan fingerprint density at radius 3 is 0.238 bits per heavy atom. The van der Waals surface area contributed by atoms with Crippen molar-refractivity contribution in [3.05, 3.63) is 0 Å². The van der Waals surface area contributed by atoms with Gasteiger partial charge in [-0.1, -0.05) is 194 Å². The number of carboxylic acid groups (broad SMARTS) is 2. The quantitative estimate of drug-likeness (QED) is 0.0251. The average molecular weight is 1950 g/mol. The zero-order valence-electron chi connectivity index (χ0n) is 77.3. The predicted molar refractivity (Wildman–Crippen MR) is 477 cm³/mol. The van der Waals surface area contributed by atoms with Crippen LogP contribution in [0.3, 0.4) is 0 Å². The molecule has 47 N–H and O–H groups in total. The summed E-state index contributed by atoms with van der Waals surface area (Å²) in [6.45, 7) is -6.40. The van der Waals surface area contributed by atoms with Crippen LogP contribution in [0.2, 0.25) is 0 Å². The summed E-state index contributed by atoms with van der Waals surface area (Å²) in [6.07, 6.45) is 26.1. The molecule has 0 unspecified atom stereocenters. The van der Waals surface area contributed by atoms with E-state index in [1.807, 2.05) is 0 Å². The predicted octanol–water partition coefficient (Wildman–Crippen LogP) is -12.4. The zero-order valence-corrected chi connectivity index (χ0v) is 77.3. The second kappa shape index (κ2) is 163. The standard InChI is InChI=1S/2C18H36O2.15C3H8O3/c2*1-2-3-4-5-6-7-8-9-10-11-12-13-14-15-16-17-18(19)20;15*4-1-3(6)2-5/h2*2-17H2,1H3,(H,19,20);15*3-6H,1-2H2. The molecule has 0 spiro atoms. The molecule has 0 rings (SSSR count). The SMILES string of the molecule is CCCCCCCCCCCCCCCCCC(=O)O.CCCCCCCCCCCCCCCCCC(=O)O.OCC(O)CO.OCC(O)CO.OCC(O)CO.OCC(O)CO.OCC(O)CO.OCC(O)CO.OCC(O)CO.OCC(O)CO.OCC(O)CO.OCC(O)CO.OCC(O)CO.OCC(O)CO.OCC(O)CO.OCC(O)CO.OCC(O)CO. The summed E-state index contributed by atoms with van der Waals surface area (Å²) >= 11 is 0. The molecule has 0 aromatic rings. The number of carboxylic acids is 2. The van der Waals surface area contributed by atoms with Crippen LogP contribution >= 0.6 is 0 Å². The van der Waals surface area contributed by atoms with E-state index in [-0.39, 0.29) is 198 Å². The van der Waals surface area contributed by atoms with Crippen LogP contribution in [0.5, 0.6) is 0 Å². The number of rotatable bonds is 62. The maximum absolute atomic E-state index is 10.3. The molecule has 0 aromatic heterocycles. The summed E-state index contributed by atoms with van der Waals surface area (Å²) in [5.41, 5.74) is 0. The number of aliphatic hydroxyl groups is 45. The smallest absolute Gasteiger partial charge is 0.303 e. The molecule has 49 heteroatoms. The first-order chi connectivity index (χ1) is 61.7. The molecule has 0 radical (unpaired) electrons. The molecular weight excluding hydrogens is 1760 g/mol. The summed E-state index contributed by atoms with van der Waals surface area (Å²) < 4.78 is 0. The Labute approximate surface area is 768 Å². The van der Waals surface area contributed by atoms with Crippen LogP contribution in [0.25, 0.3) is 0 Å². The van der Waals surface area contributed by atoms with E-state index in [0.717, 1.165) is 25.7 Å². The Morgan fingerprint density at radius 1 is 0.131 bits per heavy atom. The lowest BCUT2D eigenvalue weighted by Crippen LogP contribution is -2.15. The van der Waals surface area contributed by atoms with Gasteiger partial charge in [0.25, 0.3) is 0 Å². The first kappa shape index (κ1) is 167. The first-order valence-corrected chi connectivity index (χ1v) is 43.6. The highest BCUT2D eigenvalue weighted by atomic mass is 16.4. The number of aliphatic carboxylic acids is 2. The molecule has 0 heterocycles. The van der Waals surface area contributed by atoms with Crippen LogP contribution in [0.1, 0.15) is 219 Å². The van der Waals surface area contributed by atoms with Gasteiger partial charge in [-0.15, -0.1) is 0 Å². The third kappa shape index (κ3) is 232. The third-order valence-electron chi connectivity index (χ3n) is 14.3. The highest BCUT2D eigenvalue weighted by Gasteiger charge is 2.05. The van der Waals surface area contributed by atoms with Crippen molar-refractivity contribution < 1.29 is 250 Å². The lowest BCUT2D eigenvalue weighted by atomic mass is 10.0. The molecule has 810 valence electrons. The van der Waals surface area contributed by atoms with Crippen LogP contribution in [-0.2, 0) is 9.59 Å². The van der Waals surface area contributed by atoms with Crippen LogP contribution in [0.15, 0.2) is 0 Å². The zero-order chi connectivity index (χ0) is 105. The Hall–Kier alpha value is -2.86. The summed E-state index contributed by atoms with van der Waals surface area (Å²) in [5.74, 6) is -1.31. The topological polar surface area (TPSA) is 985 Å². The van der Waals surface area contributed by atoms with Gasteiger partial charge in [0.15, 0.2) is 0 Å². The number of carbonyl (C=O) groups is 2. The van der Waals surface area contributed by atoms with Crippen molar-refractivity contribution in [3.8, 4) is 0 Å². The Bertz CT molecular complexity index is 1360. The Morgan fingerprint density at radius 2 is 0.192 bits per heavy atom. The van der Waals surface area contributed by atoms with Gasteiger partial charge in [0.2, 0.25) is 0 Å². The van der Waals surface area contributed by atoms with E-state index in [0.29, 0.717) is 12.8 Å². The lowest BCUT2D eigenvalue weighted by molar-refractivity contribution is -0.138. The molecule has 0 aliphatic heterocycles. The fourth-order valence-electron chi connectivity index (χ4n) is 6.16. The van der Waals surface area contributed by atoms with E-state index in [9.17, 15) is 9.59 Å². The fraction of sp³-hybridized carbons (Fsp3) is 0.975. The highest BCUT2D eigenvalue weighted by molar-refractivity contribution is 5.66. The van der Waals surface area contributed by atoms with Gasteiger partial charge in [-0.25, -0.2) is 0 Å². The van der Waals surface area contributed by atoms with Crippen LogP contribution in [0, 0.1) is 0 Å². The highest BCUT2D eigenvalue weighted by Crippen LogP contribution is 2.15. The molecular formula is C81H192O49. The van der Waals surface area contributed by atoms with Gasteiger partial charge >= 0.3 is 11.9 Å². The molecule has 0 amide bonds. The molecule has 0 saturated carbocycles. The molecule has 130 heavy (non-hydrogen) atoms. The van der Waals surface area contributed by atoms with E-state index in [4.69, 9.17) is 240 Å². The normalized spacial score (nSPS) is 10.3. The van der Waals surface area contributed by atoms with E-state index >= 15 is 0 Å². The maximum atomic E-state index is 10.3. The molecule has 0 fully saturated rings. The van der Waals surface area contributed by atoms with Gasteiger partial charge in [-0.2, -0.15) is 0 Å². The van der Waals surface area contributed by atoms with Crippen LogP contribution in [0.4, 0.5) is 0 Å². The number of unbranched alkanes of at least 4 members (excludes halogenated alkanes) is 28. The van der Waals surface area contributed by atoms with Crippen molar-refractivity contribution >= 4 is 11.9 Å². The number of aliphatic hydroxyl groups excluding tert-OH is 45. The van der Waals surface area contributed by atoms with E-state index < -0.39 is 103 Å². The monoisotopic (exact) mass is 1950 g/mol. The summed E-state index contributed by atoms with van der Waals surface area (Å²) in [6, 6.07) is 0. The minimum atomic E-state index is -0.954. The van der Waals surface area contributed by atoms with Crippen molar-refractivity contribution in [3.63, 3.8) is 0 Å². The molecule has 0 atom stereocenters. The van der Waals surface area contributed by atoms with Crippen molar-refractivity contribution in [1.29, 1.82) is 0 Å². The Kier molecular flexibility index (Phi) is 209. The lowest BCUT2D eigenvalue weighted by Gasteiger charge is -2.03. The van der Waals surface area contributed by atoms with E-state index in [1.54, 1.807) is 0 Å². The van der Waals surface area contributed by atoms with Gasteiger partial charge in [0, 0.05) is 12.8 Å². The molecule has 0 saturated heterocycles. The van der Waals surface area contributed by atoms with Crippen molar-refractivity contribution in [2.24, 2.45) is 0 Å². The van der Waals surface area contributed by atoms with Crippen molar-refractivity contribution in [2.45, 2.75) is 311 Å². The molecule has 49 nitrogen and oxygen atoms in total. The second-order valence-corrected chi connectivity index (χ2v) is 27.5. The van der Waals surface area contributed by atoms with Crippen LogP contribution < -0.4 is 0 Å². The number of hydrogen-bond donors (Lipinski definition) is 47. The summed E-state index contributed by atoms with van der Waals surface area (Å²) in [4.78, 5) is 20.7. The van der Waals surface area contributed by atoms with Gasteiger partial charge in [-0.3, -0.25) is 9.59 Å². The largest absolute Gasteiger partial charge is 0.481 e. The van der Waals surface area contributed by atoms with E-state index in [1.165, 1.54) is 167 Å². The number of hydrogen-bond acceptors (Lipinski definition) is 47. The van der Waals surface area contributed by atoms with Gasteiger partial charge in [0.1, 0.15) is 91.6 Å². The van der Waals surface area contributed by atoms with Crippen LogP contribution in [-0.4, -0.2) is 542 Å². The molecule has 0 aromatic carbocycles. The minimum absolute atomic E-state index is 0.345. The molecule has 0 aliphatic carbocycles. The minimum Gasteiger partial charge on any atom is -0.481 e. The van der Waals surface area contributed by atoms with Gasteiger partial charge in [0.05, 0.1) is 198 Å². The Balaban J connectivity index is -0.0000000716. The molecule has 0 aliphatic rings. The summed E-state index contributed by atoms with van der Waals surface area (Å²) in [7, 11) is 0. The average Bonchev–Trinajstić information content (AvgIpc) is 1.09. The second-order valence-electron chi connectivity index (χ2n) is 27.5. The van der Waals surface area contributed by atoms with Crippen molar-refractivity contribution in [1.82, 2.24) is 0 Å². The first-order valence-electron chi connectivity index (χ1n) is 43.6. The summed E-state index contributed by atoms with van der Waals surface area (Å²) in [5, 5.41) is 377. The fourth-order valence-corrected chi connectivity index (χ4v) is 6.16. The molecule has 0 bridgehead atoms. The van der Waals surface area contributed by atoms with Crippen molar-refractivity contribution in [2.75, 3.05) is 198 Å². The van der Waals surface area contributed by atoms with Gasteiger partial charge in [-0.05, 0) is 12.8 Å². The van der Waals surface area contributed by atoms with Gasteiger partial charge < -0.3 is 240 Å². The maximum Gasteiger partial charge on any atom is 0.303 e.